The molecule has 0 amide bonds. The highest BCUT2D eigenvalue weighted by molar-refractivity contribution is 5.26. The van der Waals surface area contributed by atoms with Crippen LogP contribution in [0.4, 0.5) is 13.2 Å². The van der Waals surface area contributed by atoms with Crippen molar-refractivity contribution in [3.8, 4) is 0 Å². The number of hydrogen-bond donors (Lipinski definition) is 0. The first kappa shape index (κ1) is 10.5. The van der Waals surface area contributed by atoms with Crippen LogP contribution in [-0.4, -0.2) is 4.98 Å². The fraction of sp³-hybridized carbons (Fsp3) is 0.545. The molecule has 1 nitrogen and oxygen atoms in total. The minimum atomic E-state index is -4.27. The molecule has 0 aromatic carbocycles. The summed E-state index contributed by atoms with van der Waals surface area (Å²) in [5, 5.41) is 0. The third-order valence-electron chi connectivity index (χ3n) is 3.16. The molecule has 1 aromatic rings. The van der Waals surface area contributed by atoms with Gasteiger partial charge >= 0.3 is 6.18 Å². The second-order valence-electron chi connectivity index (χ2n) is 4.34. The first-order valence-electron chi connectivity index (χ1n) is 4.96. The van der Waals surface area contributed by atoms with Gasteiger partial charge < -0.3 is 0 Å². The summed E-state index contributed by atoms with van der Waals surface area (Å²) in [4.78, 5) is 4.05. The summed E-state index contributed by atoms with van der Waals surface area (Å²) >= 11 is 0. The number of nitrogens with zero attached hydrogens (tertiary/aromatic N) is 1. The summed E-state index contributed by atoms with van der Waals surface area (Å²) in [5.41, 5.74) is -0.162. The van der Waals surface area contributed by atoms with Crippen molar-refractivity contribution in [1.82, 2.24) is 4.98 Å². The summed E-state index contributed by atoms with van der Waals surface area (Å²) in [6.07, 6.45) is -0.0728. The third-order valence-corrected chi connectivity index (χ3v) is 3.16. The van der Waals surface area contributed by atoms with E-state index in [0.29, 0.717) is 5.69 Å². The van der Waals surface area contributed by atoms with Crippen LogP contribution in [-0.2, 0) is 11.6 Å². The summed E-state index contributed by atoms with van der Waals surface area (Å²) < 4.78 is 37.4. The van der Waals surface area contributed by atoms with Crippen molar-refractivity contribution in [2.24, 2.45) is 0 Å². The fourth-order valence-corrected chi connectivity index (χ4v) is 1.90. The zero-order valence-corrected chi connectivity index (χ0v) is 8.43. The monoisotopic (exact) mass is 215 g/mol. The van der Waals surface area contributed by atoms with E-state index in [1.54, 1.807) is 0 Å². The van der Waals surface area contributed by atoms with E-state index in [0.717, 1.165) is 25.3 Å². The van der Waals surface area contributed by atoms with E-state index >= 15 is 0 Å². The van der Waals surface area contributed by atoms with Crippen molar-refractivity contribution in [1.29, 1.82) is 0 Å². The average Bonchev–Trinajstić information content (AvgIpc) is 2.13. The van der Waals surface area contributed by atoms with Gasteiger partial charge in [0, 0.05) is 17.3 Å². The van der Waals surface area contributed by atoms with Gasteiger partial charge in [-0.15, -0.1) is 0 Å². The van der Waals surface area contributed by atoms with E-state index in [9.17, 15) is 13.2 Å². The van der Waals surface area contributed by atoms with Crippen LogP contribution in [0.5, 0.6) is 0 Å². The van der Waals surface area contributed by atoms with Gasteiger partial charge in [0.25, 0.3) is 0 Å². The number of aromatic nitrogens is 1. The lowest BCUT2D eigenvalue weighted by Crippen LogP contribution is -2.31. The van der Waals surface area contributed by atoms with Gasteiger partial charge in [0.1, 0.15) is 0 Å². The number of hydrogen-bond acceptors (Lipinski definition) is 1. The Bertz CT molecular complexity index is 366. The third kappa shape index (κ3) is 1.85. The quantitative estimate of drug-likeness (QED) is 0.698. The second kappa shape index (κ2) is 3.22. The average molecular weight is 215 g/mol. The Morgan fingerprint density at radius 2 is 2.00 bits per heavy atom. The standard InChI is InChI=1S/C11H12F3N/c1-10(4-2-5-10)9-7-8(3-6-15-9)11(12,13)14/h3,6-7H,2,4-5H2,1H3. The Hall–Kier alpha value is -1.06. The lowest BCUT2D eigenvalue weighted by atomic mass is 9.68. The molecular formula is C11H12F3N. The molecule has 1 aromatic heterocycles. The van der Waals surface area contributed by atoms with Crippen LogP contribution >= 0.6 is 0 Å². The topological polar surface area (TPSA) is 12.9 Å². The van der Waals surface area contributed by atoms with E-state index in [1.807, 2.05) is 6.92 Å². The number of pyridine rings is 1. The molecule has 1 aliphatic carbocycles. The molecular weight excluding hydrogens is 203 g/mol. The van der Waals surface area contributed by atoms with Crippen molar-refractivity contribution < 1.29 is 13.2 Å². The molecule has 1 saturated carbocycles. The van der Waals surface area contributed by atoms with Crippen molar-refractivity contribution >= 4 is 0 Å². The maximum atomic E-state index is 12.5. The second-order valence-corrected chi connectivity index (χ2v) is 4.34. The minimum absolute atomic E-state index is 0.138. The molecule has 1 aliphatic rings. The predicted molar refractivity (Wildman–Crippen MR) is 50.4 cm³/mol. The van der Waals surface area contributed by atoms with E-state index in [1.165, 1.54) is 12.3 Å². The van der Waals surface area contributed by atoms with E-state index in [4.69, 9.17) is 0 Å². The number of alkyl halides is 3. The molecule has 0 spiro atoms. The Morgan fingerprint density at radius 1 is 1.33 bits per heavy atom. The van der Waals surface area contributed by atoms with Crippen LogP contribution in [0.15, 0.2) is 18.3 Å². The molecule has 4 heteroatoms. The maximum Gasteiger partial charge on any atom is 0.416 e. The molecule has 0 atom stereocenters. The number of halogens is 3. The molecule has 1 fully saturated rings. The van der Waals surface area contributed by atoms with Gasteiger partial charge in [-0.3, -0.25) is 4.98 Å². The molecule has 82 valence electrons. The predicted octanol–water partition coefficient (Wildman–Crippen LogP) is 3.54. The van der Waals surface area contributed by atoms with Crippen LogP contribution in [0.1, 0.15) is 37.4 Å². The molecule has 0 unspecified atom stereocenters. The van der Waals surface area contributed by atoms with Crippen LogP contribution in [0.2, 0.25) is 0 Å². The van der Waals surface area contributed by atoms with Crippen molar-refractivity contribution in [2.45, 2.75) is 37.8 Å². The van der Waals surface area contributed by atoms with Crippen LogP contribution in [0.3, 0.4) is 0 Å². The van der Waals surface area contributed by atoms with Gasteiger partial charge in [0.2, 0.25) is 0 Å². The Morgan fingerprint density at radius 3 is 2.47 bits per heavy atom. The summed E-state index contributed by atoms with van der Waals surface area (Å²) in [6, 6.07) is 2.20. The zero-order chi connectivity index (χ0) is 11.1. The molecule has 0 bridgehead atoms. The lowest BCUT2D eigenvalue weighted by Gasteiger charge is -2.37. The molecule has 0 saturated heterocycles. The molecule has 2 rings (SSSR count). The highest BCUT2D eigenvalue weighted by atomic mass is 19.4. The molecule has 15 heavy (non-hydrogen) atoms. The molecule has 0 radical (unpaired) electrons. The molecule has 0 aliphatic heterocycles. The van der Waals surface area contributed by atoms with Gasteiger partial charge in [0.05, 0.1) is 5.56 Å². The van der Waals surface area contributed by atoms with Crippen molar-refractivity contribution in [3.05, 3.63) is 29.6 Å². The SMILES string of the molecule is CC1(c2cc(C(F)(F)F)ccn2)CCC1. The van der Waals surface area contributed by atoms with Crippen LogP contribution < -0.4 is 0 Å². The summed E-state index contributed by atoms with van der Waals surface area (Å²) in [6.45, 7) is 1.97. The summed E-state index contributed by atoms with van der Waals surface area (Å²) in [5.74, 6) is 0. The first-order chi connectivity index (χ1) is 6.92. The largest absolute Gasteiger partial charge is 0.416 e. The highest BCUT2D eigenvalue weighted by Gasteiger charge is 2.37. The van der Waals surface area contributed by atoms with Crippen LogP contribution in [0, 0.1) is 0 Å². The van der Waals surface area contributed by atoms with Crippen molar-refractivity contribution in [2.75, 3.05) is 0 Å². The Balaban J connectivity index is 2.35. The maximum absolute atomic E-state index is 12.5. The first-order valence-corrected chi connectivity index (χ1v) is 4.96. The normalized spacial score (nSPS) is 19.7. The van der Waals surface area contributed by atoms with Gasteiger partial charge in [0.15, 0.2) is 0 Å². The highest BCUT2D eigenvalue weighted by Crippen LogP contribution is 2.43. The Labute approximate surface area is 86.3 Å². The van der Waals surface area contributed by atoms with E-state index < -0.39 is 11.7 Å². The van der Waals surface area contributed by atoms with Crippen LogP contribution in [0.25, 0.3) is 0 Å². The van der Waals surface area contributed by atoms with E-state index in [-0.39, 0.29) is 5.41 Å². The molecule has 0 N–H and O–H groups in total. The van der Waals surface area contributed by atoms with Gasteiger partial charge in [-0.25, -0.2) is 0 Å². The van der Waals surface area contributed by atoms with E-state index in [2.05, 4.69) is 4.98 Å². The molecule has 1 heterocycles. The fourth-order valence-electron chi connectivity index (χ4n) is 1.90. The summed E-state index contributed by atoms with van der Waals surface area (Å²) in [7, 11) is 0. The Kier molecular flexibility index (Phi) is 2.24. The number of rotatable bonds is 1. The van der Waals surface area contributed by atoms with Gasteiger partial charge in [-0.2, -0.15) is 13.2 Å². The minimum Gasteiger partial charge on any atom is -0.261 e. The lowest BCUT2D eigenvalue weighted by molar-refractivity contribution is -0.137. The van der Waals surface area contributed by atoms with Gasteiger partial charge in [-0.05, 0) is 25.0 Å². The van der Waals surface area contributed by atoms with Gasteiger partial charge in [-0.1, -0.05) is 13.3 Å². The van der Waals surface area contributed by atoms with Crippen molar-refractivity contribution in [3.63, 3.8) is 0 Å². The smallest absolute Gasteiger partial charge is 0.261 e. The zero-order valence-electron chi connectivity index (χ0n) is 8.43.